The topological polar surface area (TPSA) is 61.4 Å². The van der Waals surface area contributed by atoms with Crippen molar-refractivity contribution in [1.29, 1.82) is 0 Å². The molecule has 0 bridgehead atoms. The van der Waals surface area contributed by atoms with Crippen molar-refractivity contribution in [1.82, 2.24) is 10.6 Å². The van der Waals surface area contributed by atoms with E-state index in [9.17, 15) is 14.3 Å². The monoisotopic (exact) mass is 316 g/mol. The zero-order chi connectivity index (χ0) is 16.5. The molecule has 0 saturated heterocycles. The third-order valence-electron chi connectivity index (χ3n) is 3.54. The Morgan fingerprint density at radius 2 is 1.83 bits per heavy atom. The Hall–Kier alpha value is -2.40. The quantitative estimate of drug-likeness (QED) is 0.688. The van der Waals surface area contributed by atoms with Crippen molar-refractivity contribution >= 4 is 6.03 Å². The van der Waals surface area contributed by atoms with Crippen LogP contribution in [0.25, 0.3) is 0 Å². The molecule has 3 N–H and O–H groups in total. The van der Waals surface area contributed by atoms with Crippen LogP contribution in [0.1, 0.15) is 23.1 Å². The van der Waals surface area contributed by atoms with E-state index >= 15 is 0 Å². The first-order valence-electron chi connectivity index (χ1n) is 7.63. The number of urea groups is 1. The maximum atomic E-state index is 13.0. The van der Waals surface area contributed by atoms with Crippen LogP contribution in [0, 0.1) is 5.82 Å². The highest BCUT2D eigenvalue weighted by Gasteiger charge is 2.03. The molecule has 0 unspecified atom stereocenters. The van der Waals surface area contributed by atoms with Crippen molar-refractivity contribution in [3.8, 4) is 0 Å². The first kappa shape index (κ1) is 17.0. The second-order valence-corrected chi connectivity index (χ2v) is 5.27. The molecular formula is C18H21FN2O2. The summed E-state index contributed by atoms with van der Waals surface area (Å²) in [5, 5.41) is 14.8. The fraction of sp³-hybridized carbons (Fsp3) is 0.278. The molecule has 0 saturated carbocycles. The number of hydrogen-bond donors (Lipinski definition) is 3. The number of aliphatic hydroxyl groups is 1. The van der Waals surface area contributed by atoms with Gasteiger partial charge in [0, 0.05) is 13.1 Å². The van der Waals surface area contributed by atoms with Crippen LogP contribution in [0.2, 0.25) is 0 Å². The summed E-state index contributed by atoms with van der Waals surface area (Å²) in [5.41, 5.74) is 2.62. The van der Waals surface area contributed by atoms with Gasteiger partial charge in [0.25, 0.3) is 0 Å². The third kappa shape index (κ3) is 5.71. The molecule has 5 heteroatoms. The fourth-order valence-electron chi connectivity index (χ4n) is 2.31. The molecule has 0 heterocycles. The summed E-state index contributed by atoms with van der Waals surface area (Å²) >= 11 is 0. The van der Waals surface area contributed by atoms with E-state index in [1.807, 2.05) is 30.3 Å². The smallest absolute Gasteiger partial charge is 0.315 e. The molecule has 0 atom stereocenters. The number of hydrogen-bond acceptors (Lipinski definition) is 2. The van der Waals surface area contributed by atoms with E-state index in [2.05, 4.69) is 10.6 Å². The van der Waals surface area contributed by atoms with Gasteiger partial charge in [-0.25, -0.2) is 9.18 Å². The summed E-state index contributed by atoms with van der Waals surface area (Å²) in [7, 11) is 0. The third-order valence-corrected chi connectivity index (χ3v) is 3.54. The lowest BCUT2D eigenvalue weighted by Crippen LogP contribution is -2.35. The summed E-state index contributed by atoms with van der Waals surface area (Å²) in [6, 6.07) is 13.6. The molecule has 0 aliphatic carbocycles. The standard InChI is InChI=1S/C18H21FN2O2/c19-17-9-3-5-14(11-17)6-4-10-20-18(23)21-12-15-7-1-2-8-16(15)13-22/h1-3,5,7-9,11,22H,4,6,10,12-13H2,(H2,20,21,23). The van der Waals surface area contributed by atoms with Crippen molar-refractivity contribution in [2.75, 3.05) is 6.54 Å². The normalized spacial score (nSPS) is 10.3. The molecule has 2 rings (SSSR count). The molecule has 0 aliphatic rings. The molecule has 2 aromatic rings. The second kappa shape index (κ2) is 8.90. The molecule has 2 amide bonds. The van der Waals surface area contributed by atoms with Gasteiger partial charge in [0.05, 0.1) is 6.61 Å². The number of carbonyl (C=O) groups excluding carboxylic acids is 1. The van der Waals surface area contributed by atoms with Gasteiger partial charge in [-0.15, -0.1) is 0 Å². The lowest BCUT2D eigenvalue weighted by atomic mass is 10.1. The van der Waals surface area contributed by atoms with Gasteiger partial charge in [-0.05, 0) is 41.7 Å². The number of amides is 2. The summed E-state index contributed by atoms with van der Waals surface area (Å²) < 4.78 is 13.0. The summed E-state index contributed by atoms with van der Waals surface area (Å²) in [6.07, 6.45) is 1.45. The Morgan fingerprint density at radius 3 is 2.57 bits per heavy atom. The zero-order valence-corrected chi connectivity index (χ0v) is 12.9. The van der Waals surface area contributed by atoms with Gasteiger partial charge >= 0.3 is 6.03 Å². The van der Waals surface area contributed by atoms with Crippen LogP contribution in [-0.4, -0.2) is 17.7 Å². The van der Waals surface area contributed by atoms with Gasteiger partial charge in [-0.3, -0.25) is 0 Å². The van der Waals surface area contributed by atoms with E-state index in [0.717, 1.165) is 23.1 Å². The van der Waals surface area contributed by atoms with Crippen LogP contribution in [0.15, 0.2) is 48.5 Å². The SMILES string of the molecule is O=C(NCCCc1cccc(F)c1)NCc1ccccc1CO. The first-order chi connectivity index (χ1) is 11.2. The Balaban J connectivity index is 1.67. The van der Waals surface area contributed by atoms with Gasteiger partial charge in [0.1, 0.15) is 5.82 Å². The van der Waals surface area contributed by atoms with Crippen molar-refractivity contribution in [3.05, 3.63) is 71.0 Å². The minimum absolute atomic E-state index is 0.0485. The van der Waals surface area contributed by atoms with Crippen molar-refractivity contribution in [2.45, 2.75) is 26.0 Å². The van der Waals surface area contributed by atoms with Crippen molar-refractivity contribution < 1.29 is 14.3 Å². The molecule has 0 aromatic heterocycles. The number of rotatable bonds is 7. The fourth-order valence-corrected chi connectivity index (χ4v) is 2.31. The number of halogens is 1. The first-order valence-corrected chi connectivity index (χ1v) is 7.63. The zero-order valence-electron chi connectivity index (χ0n) is 12.9. The highest BCUT2D eigenvalue weighted by atomic mass is 19.1. The van der Waals surface area contributed by atoms with E-state index in [0.29, 0.717) is 19.5 Å². The Bertz CT molecular complexity index is 646. The molecule has 122 valence electrons. The van der Waals surface area contributed by atoms with Crippen LogP contribution in [0.5, 0.6) is 0 Å². The molecule has 0 fully saturated rings. The maximum absolute atomic E-state index is 13.0. The highest BCUT2D eigenvalue weighted by molar-refractivity contribution is 5.73. The van der Waals surface area contributed by atoms with E-state index in [-0.39, 0.29) is 18.5 Å². The van der Waals surface area contributed by atoms with E-state index in [4.69, 9.17) is 0 Å². The highest BCUT2D eigenvalue weighted by Crippen LogP contribution is 2.08. The second-order valence-electron chi connectivity index (χ2n) is 5.27. The summed E-state index contributed by atoms with van der Waals surface area (Å²) in [5.74, 6) is -0.240. The van der Waals surface area contributed by atoms with Gasteiger partial charge in [0.2, 0.25) is 0 Å². The van der Waals surface area contributed by atoms with Gasteiger partial charge in [-0.2, -0.15) is 0 Å². The molecule has 4 nitrogen and oxygen atoms in total. The Labute approximate surface area is 135 Å². The minimum Gasteiger partial charge on any atom is -0.392 e. The van der Waals surface area contributed by atoms with Gasteiger partial charge in [0.15, 0.2) is 0 Å². The number of benzene rings is 2. The molecule has 0 spiro atoms. The Morgan fingerprint density at radius 1 is 1.04 bits per heavy atom. The Kier molecular flexibility index (Phi) is 6.56. The van der Waals surface area contributed by atoms with Gasteiger partial charge in [-0.1, -0.05) is 36.4 Å². The van der Waals surface area contributed by atoms with Crippen LogP contribution in [0.3, 0.4) is 0 Å². The average Bonchev–Trinajstić information content (AvgIpc) is 2.57. The maximum Gasteiger partial charge on any atom is 0.315 e. The van der Waals surface area contributed by atoms with Crippen molar-refractivity contribution in [2.24, 2.45) is 0 Å². The van der Waals surface area contributed by atoms with E-state index < -0.39 is 0 Å². The van der Waals surface area contributed by atoms with Crippen LogP contribution in [-0.2, 0) is 19.6 Å². The molecule has 2 aromatic carbocycles. The predicted octanol–water partition coefficient (Wildman–Crippen LogP) is 2.75. The molecule has 23 heavy (non-hydrogen) atoms. The molecule has 0 aliphatic heterocycles. The number of carbonyl (C=O) groups is 1. The minimum atomic E-state index is -0.253. The van der Waals surface area contributed by atoms with Crippen LogP contribution >= 0.6 is 0 Å². The van der Waals surface area contributed by atoms with Gasteiger partial charge < -0.3 is 15.7 Å². The summed E-state index contributed by atoms with van der Waals surface area (Å²) in [4.78, 5) is 11.7. The predicted molar refractivity (Wildman–Crippen MR) is 87.3 cm³/mol. The molecule has 0 radical (unpaired) electrons. The van der Waals surface area contributed by atoms with Crippen LogP contribution in [0.4, 0.5) is 9.18 Å². The number of nitrogens with one attached hydrogen (secondary N) is 2. The average molecular weight is 316 g/mol. The molecular weight excluding hydrogens is 295 g/mol. The number of aliphatic hydroxyl groups excluding tert-OH is 1. The van der Waals surface area contributed by atoms with E-state index in [1.165, 1.54) is 12.1 Å². The lowest BCUT2D eigenvalue weighted by Gasteiger charge is -2.10. The number of aryl methyl sites for hydroxylation is 1. The summed E-state index contributed by atoms with van der Waals surface area (Å²) in [6.45, 7) is 0.837. The van der Waals surface area contributed by atoms with Crippen molar-refractivity contribution in [3.63, 3.8) is 0 Å². The largest absolute Gasteiger partial charge is 0.392 e. The lowest BCUT2D eigenvalue weighted by molar-refractivity contribution is 0.240. The van der Waals surface area contributed by atoms with Crippen LogP contribution < -0.4 is 10.6 Å². The van der Waals surface area contributed by atoms with E-state index in [1.54, 1.807) is 6.07 Å².